The molecule has 3 N–H and O–H groups in total. The van der Waals surface area contributed by atoms with Crippen LogP contribution in [0.5, 0.6) is 0 Å². The van der Waals surface area contributed by atoms with Gasteiger partial charge in [-0.3, -0.25) is 11.3 Å². The number of hydrogen-bond acceptors (Lipinski definition) is 2. The zero-order valence-corrected chi connectivity index (χ0v) is 13.4. The lowest BCUT2D eigenvalue weighted by Gasteiger charge is -2.18. The third kappa shape index (κ3) is 3.71. The number of rotatable bonds is 4. The molecule has 2 rings (SSSR count). The van der Waals surface area contributed by atoms with Crippen molar-refractivity contribution in [2.75, 3.05) is 0 Å². The first-order chi connectivity index (χ1) is 9.51. The molecule has 0 fully saturated rings. The normalized spacial score (nSPS) is 12.4. The highest BCUT2D eigenvalue weighted by atomic mass is 79.9. The summed E-state index contributed by atoms with van der Waals surface area (Å²) in [5.41, 5.74) is 3.90. The number of hydrogen-bond donors (Lipinski definition) is 2. The first kappa shape index (κ1) is 15.7. The maximum absolute atomic E-state index is 13.9. The molecule has 0 aliphatic carbocycles. The van der Waals surface area contributed by atoms with Gasteiger partial charge in [0.25, 0.3) is 0 Å². The van der Waals surface area contributed by atoms with Crippen molar-refractivity contribution in [3.05, 3.63) is 67.9 Å². The highest BCUT2D eigenvalue weighted by Gasteiger charge is 2.17. The Labute approximate surface area is 135 Å². The lowest BCUT2D eigenvalue weighted by atomic mass is 9.99. The highest BCUT2D eigenvalue weighted by molar-refractivity contribution is 9.10. The Hall–Kier alpha value is -0.650. The first-order valence-electron chi connectivity index (χ1n) is 5.86. The van der Waals surface area contributed by atoms with Crippen LogP contribution in [-0.2, 0) is 6.42 Å². The molecule has 1 unspecified atom stereocenters. The van der Waals surface area contributed by atoms with Crippen LogP contribution in [0, 0.1) is 5.82 Å². The van der Waals surface area contributed by atoms with E-state index in [2.05, 4.69) is 21.4 Å². The Morgan fingerprint density at radius 1 is 1.20 bits per heavy atom. The van der Waals surface area contributed by atoms with Crippen LogP contribution in [0.3, 0.4) is 0 Å². The van der Waals surface area contributed by atoms with Gasteiger partial charge in [0.1, 0.15) is 5.82 Å². The summed E-state index contributed by atoms with van der Waals surface area (Å²) in [4.78, 5) is 0. The molecule has 0 bridgehead atoms. The standard InChI is InChI=1S/C14H12BrCl2FN2/c15-9-1-4-13(18)11(7-9)14(20-19)6-8-5-10(16)2-3-12(8)17/h1-5,7,14,20H,6,19H2. The fourth-order valence-electron chi connectivity index (χ4n) is 1.96. The van der Waals surface area contributed by atoms with Crippen LogP contribution in [0.2, 0.25) is 10.0 Å². The molecule has 0 heterocycles. The van der Waals surface area contributed by atoms with Crippen molar-refractivity contribution in [3.8, 4) is 0 Å². The zero-order valence-electron chi connectivity index (χ0n) is 10.3. The smallest absolute Gasteiger partial charge is 0.128 e. The van der Waals surface area contributed by atoms with Crippen molar-refractivity contribution < 1.29 is 4.39 Å². The van der Waals surface area contributed by atoms with E-state index in [-0.39, 0.29) is 5.82 Å². The lowest BCUT2D eigenvalue weighted by Crippen LogP contribution is -2.30. The molecule has 0 saturated heterocycles. The summed E-state index contributed by atoms with van der Waals surface area (Å²) in [6.45, 7) is 0. The second-order valence-electron chi connectivity index (χ2n) is 4.32. The quantitative estimate of drug-likeness (QED) is 0.601. The van der Waals surface area contributed by atoms with Crippen LogP contribution in [0.4, 0.5) is 4.39 Å². The van der Waals surface area contributed by atoms with Gasteiger partial charge in [-0.05, 0) is 48.4 Å². The maximum atomic E-state index is 13.9. The van der Waals surface area contributed by atoms with Crippen LogP contribution in [0.1, 0.15) is 17.2 Å². The molecule has 0 amide bonds. The van der Waals surface area contributed by atoms with E-state index in [4.69, 9.17) is 29.0 Å². The second-order valence-corrected chi connectivity index (χ2v) is 6.08. The lowest BCUT2D eigenvalue weighted by molar-refractivity contribution is 0.510. The molecule has 2 aromatic rings. The minimum absolute atomic E-state index is 0.325. The Kier molecular flexibility index (Phi) is 5.41. The van der Waals surface area contributed by atoms with Gasteiger partial charge >= 0.3 is 0 Å². The third-order valence-electron chi connectivity index (χ3n) is 2.97. The summed E-state index contributed by atoms with van der Waals surface area (Å²) in [5, 5.41) is 1.15. The summed E-state index contributed by atoms with van der Waals surface area (Å²) in [6.07, 6.45) is 0.434. The van der Waals surface area contributed by atoms with Gasteiger partial charge in [-0.2, -0.15) is 0 Å². The Bertz CT molecular complexity index is 622. The van der Waals surface area contributed by atoms with Crippen LogP contribution in [-0.4, -0.2) is 0 Å². The average molecular weight is 378 g/mol. The summed E-state index contributed by atoms with van der Waals surface area (Å²) in [6, 6.07) is 9.50. The van der Waals surface area contributed by atoms with Gasteiger partial charge in [-0.1, -0.05) is 39.1 Å². The number of halogens is 4. The number of nitrogens with two attached hydrogens (primary N) is 1. The summed E-state index contributed by atoms with van der Waals surface area (Å²) >= 11 is 15.4. The van der Waals surface area contributed by atoms with Gasteiger partial charge in [0.2, 0.25) is 0 Å². The third-order valence-corrected chi connectivity index (χ3v) is 4.06. The molecule has 106 valence electrons. The van der Waals surface area contributed by atoms with E-state index in [1.807, 2.05) is 0 Å². The van der Waals surface area contributed by atoms with Gasteiger partial charge in [0.05, 0.1) is 6.04 Å². The van der Waals surface area contributed by atoms with Gasteiger partial charge in [-0.25, -0.2) is 4.39 Å². The van der Waals surface area contributed by atoms with Gasteiger partial charge in [0.15, 0.2) is 0 Å². The van der Waals surface area contributed by atoms with Crippen molar-refractivity contribution in [3.63, 3.8) is 0 Å². The Morgan fingerprint density at radius 2 is 1.95 bits per heavy atom. The molecule has 0 aliphatic rings. The van der Waals surface area contributed by atoms with Crippen LogP contribution in [0.25, 0.3) is 0 Å². The van der Waals surface area contributed by atoms with Crippen LogP contribution < -0.4 is 11.3 Å². The molecule has 0 saturated carbocycles. The summed E-state index contributed by atoms with van der Waals surface area (Å²) < 4.78 is 14.7. The second kappa shape index (κ2) is 6.87. The zero-order chi connectivity index (χ0) is 14.7. The average Bonchev–Trinajstić information content (AvgIpc) is 2.42. The molecule has 0 aliphatic heterocycles. The molecule has 20 heavy (non-hydrogen) atoms. The van der Waals surface area contributed by atoms with Crippen LogP contribution >= 0.6 is 39.1 Å². The minimum Gasteiger partial charge on any atom is -0.271 e. The predicted molar refractivity (Wildman–Crippen MR) is 84.3 cm³/mol. The molecule has 0 aromatic heterocycles. The number of benzene rings is 2. The van der Waals surface area contributed by atoms with E-state index in [0.717, 1.165) is 10.0 Å². The Balaban J connectivity index is 2.33. The largest absolute Gasteiger partial charge is 0.271 e. The van der Waals surface area contributed by atoms with Crippen LogP contribution in [0.15, 0.2) is 40.9 Å². The van der Waals surface area contributed by atoms with E-state index in [9.17, 15) is 4.39 Å². The number of nitrogens with one attached hydrogen (secondary N) is 1. The SMILES string of the molecule is NNC(Cc1cc(Cl)ccc1Cl)c1cc(Br)ccc1F. The van der Waals surface area contributed by atoms with E-state index in [0.29, 0.717) is 22.0 Å². The molecule has 0 spiro atoms. The van der Waals surface area contributed by atoms with Crippen molar-refractivity contribution in [2.45, 2.75) is 12.5 Å². The molecular weight excluding hydrogens is 366 g/mol. The van der Waals surface area contributed by atoms with E-state index < -0.39 is 6.04 Å². The monoisotopic (exact) mass is 376 g/mol. The van der Waals surface area contributed by atoms with Crippen molar-refractivity contribution >= 4 is 39.1 Å². The van der Waals surface area contributed by atoms with E-state index >= 15 is 0 Å². The fourth-order valence-corrected chi connectivity index (χ4v) is 2.73. The maximum Gasteiger partial charge on any atom is 0.128 e. The van der Waals surface area contributed by atoms with Crippen molar-refractivity contribution in [1.82, 2.24) is 5.43 Å². The molecule has 1 atom stereocenters. The fraction of sp³-hybridized carbons (Fsp3) is 0.143. The highest BCUT2D eigenvalue weighted by Crippen LogP contribution is 2.28. The predicted octanol–water partition coefficient (Wildman–Crippen LogP) is 4.64. The Morgan fingerprint density at radius 3 is 2.65 bits per heavy atom. The molecule has 2 aromatic carbocycles. The molecular formula is C14H12BrCl2FN2. The molecule has 0 radical (unpaired) electrons. The van der Waals surface area contributed by atoms with Crippen molar-refractivity contribution in [1.29, 1.82) is 0 Å². The van der Waals surface area contributed by atoms with Gasteiger partial charge in [-0.15, -0.1) is 0 Å². The molecule has 2 nitrogen and oxygen atoms in total. The summed E-state index contributed by atoms with van der Waals surface area (Å²) in [5.74, 6) is 5.23. The summed E-state index contributed by atoms with van der Waals surface area (Å²) in [7, 11) is 0. The van der Waals surface area contributed by atoms with Gasteiger partial charge < -0.3 is 0 Å². The minimum atomic E-state index is -0.400. The number of hydrazine groups is 1. The van der Waals surface area contributed by atoms with Gasteiger partial charge in [0, 0.05) is 20.1 Å². The first-order valence-corrected chi connectivity index (χ1v) is 7.41. The van der Waals surface area contributed by atoms with E-state index in [1.54, 1.807) is 30.3 Å². The van der Waals surface area contributed by atoms with E-state index in [1.165, 1.54) is 6.07 Å². The van der Waals surface area contributed by atoms with Crippen molar-refractivity contribution in [2.24, 2.45) is 5.84 Å². The topological polar surface area (TPSA) is 38.0 Å². The molecule has 6 heteroatoms.